The Bertz CT molecular complexity index is 1950. The highest BCUT2D eigenvalue weighted by Gasteiger charge is 2.32. The van der Waals surface area contributed by atoms with Gasteiger partial charge in [0.25, 0.3) is 5.91 Å². The molecule has 0 saturated carbocycles. The zero-order valence-corrected chi connectivity index (χ0v) is 31.4. The fourth-order valence-electron chi connectivity index (χ4n) is 6.32. The van der Waals surface area contributed by atoms with Crippen molar-refractivity contribution in [3.8, 4) is 5.75 Å². The van der Waals surface area contributed by atoms with Gasteiger partial charge in [0, 0.05) is 43.7 Å². The number of fused-ring (bicyclic) bond motifs is 2. The van der Waals surface area contributed by atoms with Crippen molar-refractivity contribution in [1.29, 1.82) is 0 Å². The number of carbonyl (C=O) groups is 2. The monoisotopic (exact) mass is 730 g/mol. The lowest BCUT2D eigenvalue weighted by atomic mass is 10.0. The molecule has 5 rings (SSSR count). The molecule has 1 aliphatic heterocycles. The summed E-state index contributed by atoms with van der Waals surface area (Å²) in [6.07, 6.45) is 1.46. The van der Waals surface area contributed by atoms with Crippen molar-refractivity contribution in [3.05, 3.63) is 96.1 Å². The second-order valence-corrected chi connectivity index (χ2v) is 15.8. The second kappa shape index (κ2) is 17.4. The van der Waals surface area contributed by atoms with E-state index in [9.17, 15) is 23.1 Å². The van der Waals surface area contributed by atoms with Crippen LogP contribution in [-0.2, 0) is 14.8 Å². The Labute approximate surface area is 307 Å². The highest BCUT2D eigenvalue weighted by atomic mass is 32.2. The predicted molar refractivity (Wildman–Crippen MR) is 204 cm³/mol. The molecule has 3 N–H and O–H groups in total. The molecule has 1 heterocycles. The largest absolute Gasteiger partial charge is 0.490 e. The van der Waals surface area contributed by atoms with E-state index in [2.05, 4.69) is 10.6 Å². The van der Waals surface area contributed by atoms with Gasteiger partial charge in [-0.3, -0.25) is 4.79 Å². The molecule has 0 bridgehead atoms. The lowest BCUT2D eigenvalue weighted by Crippen LogP contribution is -2.48. The van der Waals surface area contributed by atoms with Gasteiger partial charge in [-0.2, -0.15) is 4.31 Å². The van der Waals surface area contributed by atoms with E-state index < -0.39 is 34.1 Å². The molecule has 0 saturated heterocycles. The number of amides is 3. The number of likely N-dealkylation sites (N-methyl/N-ethyl adjacent to an activating group) is 1. The summed E-state index contributed by atoms with van der Waals surface area (Å²) in [5.74, 6) is -0.355. The Morgan fingerprint density at radius 3 is 2.48 bits per heavy atom. The third kappa shape index (κ3) is 9.48. The van der Waals surface area contributed by atoms with Crippen LogP contribution in [0, 0.1) is 12.8 Å². The first-order valence-corrected chi connectivity index (χ1v) is 19.2. The molecule has 0 fully saturated rings. The van der Waals surface area contributed by atoms with Crippen molar-refractivity contribution in [3.63, 3.8) is 0 Å². The fraction of sp³-hybridized carbons (Fsp3) is 0.400. The molecule has 278 valence electrons. The number of aryl methyl sites for hydroxylation is 1. The number of sulfonamides is 1. The number of aliphatic hydroxyl groups is 1. The smallest absolute Gasteiger partial charge is 0.323 e. The summed E-state index contributed by atoms with van der Waals surface area (Å²) in [6, 6.07) is 24.1. The summed E-state index contributed by atoms with van der Waals surface area (Å²) in [7, 11) is -2.26. The maximum absolute atomic E-state index is 14.5. The number of urea groups is 1. The minimum absolute atomic E-state index is 0.0723. The molecule has 0 radical (unpaired) electrons. The number of aliphatic hydroxyl groups excluding tert-OH is 1. The van der Waals surface area contributed by atoms with Gasteiger partial charge in [-0.05, 0) is 81.8 Å². The molecule has 0 aromatic heterocycles. The number of benzene rings is 4. The van der Waals surface area contributed by atoms with Crippen molar-refractivity contribution in [2.24, 2.45) is 5.92 Å². The van der Waals surface area contributed by atoms with Crippen LogP contribution in [0.15, 0.2) is 89.8 Å². The third-order valence-electron chi connectivity index (χ3n) is 9.51. The fourth-order valence-corrected chi connectivity index (χ4v) is 7.51. The summed E-state index contributed by atoms with van der Waals surface area (Å²) in [4.78, 5) is 29.5. The normalized spacial score (nSPS) is 19.7. The minimum atomic E-state index is -3.80. The molecule has 4 atom stereocenters. The Kier molecular flexibility index (Phi) is 12.9. The van der Waals surface area contributed by atoms with Crippen molar-refractivity contribution in [2.75, 3.05) is 44.0 Å². The summed E-state index contributed by atoms with van der Waals surface area (Å²) in [5.41, 5.74) is 2.22. The van der Waals surface area contributed by atoms with Gasteiger partial charge in [0.15, 0.2) is 0 Å². The van der Waals surface area contributed by atoms with Gasteiger partial charge >= 0.3 is 6.03 Å². The first kappa shape index (κ1) is 38.7. The number of ether oxygens (including phenoxy) is 2. The van der Waals surface area contributed by atoms with Crippen LogP contribution in [0.2, 0.25) is 0 Å². The molecule has 0 spiro atoms. The van der Waals surface area contributed by atoms with Gasteiger partial charge in [0.05, 0.1) is 41.0 Å². The first-order valence-electron chi connectivity index (χ1n) is 17.8. The zero-order valence-electron chi connectivity index (χ0n) is 30.5. The standard InChI is InChI=1S/C40H50N4O7S/c1-27-16-19-33(20-17-27)52(48,49)43(5)25-38-28(2)24-44(29(3)26-45)39(46)35-23-32(18-21-37(35)51-30(4)11-8-9-22-50-38)41-40(47)42-36-15-10-13-31-12-6-7-14-34(31)36/h6-7,10,12-21,23,28-30,38,45H,8-9,11,22,24-26H2,1-5H3,(H2,41,42,47)/t28-,29+,30+,38+/m1/s1. The van der Waals surface area contributed by atoms with Crippen molar-refractivity contribution in [1.82, 2.24) is 9.21 Å². The number of nitrogens with one attached hydrogen (secondary N) is 2. The van der Waals surface area contributed by atoms with Gasteiger partial charge in [-0.25, -0.2) is 13.2 Å². The van der Waals surface area contributed by atoms with E-state index in [4.69, 9.17) is 9.47 Å². The molecule has 3 amide bonds. The maximum atomic E-state index is 14.5. The molecule has 52 heavy (non-hydrogen) atoms. The molecule has 0 aliphatic carbocycles. The quantitative estimate of drug-likeness (QED) is 0.179. The number of carbonyl (C=O) groups excluding carboxylic acids is 2. The summed E-state index contributed by atoms with van der Waals surface area (Å²) in [6.45, 7) is 7.86. The topological polar surface area (TPSA) is 138 Å². The van der Waals surface area contributed by atoms with E-state index in [0.29, 0.717) is 30.2 Å². The van der Waals surface area contributed by atoms with E-state index in [0.717, 1.165) is 29.2 Å². The molecule has 4 aromatic carbocycles. The van der Waals surface area contributed by atoms with Gasteiger partial charge in [-0.1, -0.05) is 61.0 Å². The molecule has 1 aliphatic rings. The van der Waals surface area contributed by atoms with Gasteiger partial charge in [0.2, 0.25) is 10.0 Å². The van der Waals surface area contributed by atoms with Crippen LogP contribution in [0.5, 0.6) is 5.75 Å². The summed E-state index contributed by atoms with van der Waals surface area (Å²) >= 11 is 0. The lowest BCUT2D eigenvalue weighted by Gasteiger charge is -2.35. The Hall–Kier alpha value is -4.49. The van der Waals surface area contributed by atoms with Gasteiger partial charge in [0.1, 0.15) is 5.75 Å². The predicted octanol–water partition coefficient (Wildman–Crippen LogP) is 6.91. The average Bonchev–Trinajstić information content (AvgIpc) is 3.13. The van der Waals surface area contributed by atoms with Crippen LogP contribution in [0.4, 0.5) is 16.2 Å². The third-order valence-corrected chi connectivity index (χ3v) is 11.4. The minimum Gasteiger partial charge on any atom is -0.490 e. The van der Waals surface area contributed by atoms with E-state index in [1.165, 1.54) is 11.4 Å². The van der Waals surface area contributed by atoms with Crippen molar-refractivity contribution >= 4 is 44.1 Å². The zero-order chi connectivity index (χ0) is 37.4. The highest BCUT2D eigenvalue weighted by Crippen LogP contribution is 2.30. The molecule has 12 heteroatoms. The number of hydrogen-bond donors (Lipinski definition) is 3. The summed E-state index contributed by atoms with van der Waals surface area (Å²) in [5, 5.41) is 18.0. The number of rotatable bonds is 8. The van der Waals surface area contributed by atoms with Crippen LogP contribution < -0.4 is 15.4 Å². The Morgan fingerprint density at radius 1 is 1.00 bits per heavy atom. The first-order chi connectivity index (χ1) is 24.9. The number of hydrogen-bond acceptors (Lipinski definition) is 7. The molecular formula is C40H50N4O7S. The van der Waals surface area contributed by atoms with Crippen LogP contribution >= 0.6 is 0 Å². The lowest BCUT2D eigenvalue weighted by molar-refractivity contribution is -0.00833. The Morgan fingerprint density at radius 2 is 1.73 bits per heavy atom. The number of nitrogens with zero attached hydrogens (tertiary/aromatic N) is 2. The molecule has 0 unspecified atom stereocenters. The highest BCUT2D eigenvalue weighted by molar-refractivity contribution is 7.89. The average molecular weight is 731 g/mol. The van der Waals surface area contributed by atoms with Gasteiger partial charge < -0.3 is 30.1 Å². The maximum Gasteiger partial charge on any atom is 0.323 e. The SMILES string of the molecule is Cc1ccc(S(=O)(=O)N(C)C[C@@H]2OCCCC[C@H](C)Oc3ccc(NC(=O)Nc4cccc5ccccc45)cc3C(=O)N([C@@H](C)CO)C[C@H]2C)cc1. The van der Waals surface area contributed by atoms with Crippen LogP contribution in [0.3, 0.4) is 0 Å². The van der Waals surface area contributed by atoms with Crippen molar-refractivity contribution in [2.45, 2.75) is 70.1 Å². The van der Waals surface area contributed by atoms with E-state index >= 15 is 0 Å². The molecule has 11 nitrogen and oxygen atoms in total. The van der Waals surface area contributed by atoms with Gasteiger partial charge in [-0.15, -0.1) is 0 Å². The summed E-state index contributed by atoms with van der Waals surface area (Å²) < 4.78 is 41.0. The van der Waals surface area contributed by atoms with E-state index in [-0.39, 0.29) is 42.2 Å². The van der Waals surface area contributed by atoms with Crippen molar-refractivity contribution < 1.29 is 32.6 Å². The van der Waals surface area contributed by atoms with Crippen LogP contribution in [0.25, 0.3) is 10.8 Å². The Balaban J connectivity index is 1.41. The second-order valence-electron chi connectivity index (χ2n) is 13.7. The van der Waals surface area contributed by atoms with Crippen LogP contribution in [0.1, 0.15) is 56.0 Å². The van der Waals surface area contributed by atoms with Crippen LogP contribution in [-0.4, -0.2) is 86.3 Å². The molecular weight excluding hydrogens is 681 g/mol. The number of anilines is 2. The van der Waals surface area contributed by atoms with E-state index in [1.54, 1.807) is 54.3 Å². The van der Waals surface area contributed by atoms with E-state index in [1.807, 2.05) is 63.2 Å². The molecule has 4 aromatic rings.